The fourth-order valence-electron chi connectivity index (χ4n) is 5.79. The van der Waals surface area contributed by atoms with E-state index >= 15 is 4.39 Å². The molecule has 1 saturated heterocycles. The molecule has 0 aromatic heterocycles. The van der Waals surface area contributed by atoms with Gasteiger partial charge in [-0.1, -0.05) is 24.3 Å². The van der Waals surface area contributed by atoms with Crippen molar-refractivity contribution >= 4 is 5.91 Å². The first-order valence-electron chi connectivity index (χ1n) is 13.5. The van der Waals surface area contributed by atoms with E-state index < -0.39 is 47.3 Å². The number of nitrogens with two attached hydrogens (primary N) is 1. The average molecular weight is 569 g/mol. The number of halogens is 4. The van der Waals surface area contributed by atoms with Crippen molar-refractivity contribution in [1.82, 2.24) is 4.90 Å². The maximum absolute atomic E-state index is 15.4. The summed E-state index contributed by atoms with van der Waals surface area (Å²) in [6.45, 7) is 0.771. The second-order valence-corrected chi connectivity index (χ2v) is 10.7. The van der Waals surface area contributed by atoms with Crippen LogP contribution in [0, 0.1) is 11.7 Å². The molecular weight excluding hydrogens is 532 g/mol. The lowest BCUT2D eigenvalue weighted by molar-refractivity contribution is -0.167. The summed E-state index contributed by atoms with van der Waals surface area (Å²) < 4.78 is 67.1. The number of benzene rings is 2. The lowest BCUT2D eigenvalue weighted by atomic mass is 9.78. The number of methoxy groups -OCH3 is 1. The molecule has 1 amide bonds. The molecule has 5 atom stereocenters. The molecule has 7 nitrogen and oxygen atoms in total. The summed E-state index contributed by atoms with van der Waals surface area (Å²) in [6.07, 6.45) is -4.71. The van der Waals surface area contributed by atoms with E-state index in [1.54, 1.807) is 12.0 Å². The Morgan fingerprint density at radius 3 is 2.60 bits per heavy atom. The summed E-state index contributed by atoms with van der Waals surface area (Å²) in [5, 5.41) is 22.3. The Hall–Kier alpha value is -2.57. The van der Waals surface area contributed by atoms with E-state index in [1.807, 2.05) is 0 Å². The van der Waals surface area contributed by atoms with Gasteiger partial charge in [-0.2, -0.15) is 13.2 Å². The number of aliphatic hydroxyl groups excluding tert-OH is 1. The van der Waals surface area contributed by atoms with E-state index in [2.05, 4.69) is 0 Å². The van der Waals surface area contributed by atoms with Gasteiger partial charge < -0.3 is 30.3 Å². The minimum Gasteiger partial charge on any atom is -0.391 e. The maximum atomic E-state index is 15.4. The number of morpholine rings is 1. The highest BCUT2D eigenvalue weighted by molar-refractivity contribution is 5.79. The number of unbranched alkanes of at least 4 members (excludes halogenated alkanes) is 1. The van der Waals surface area contributed by atoms with Gasteiger partial charge in [0.25, 0.3) is 0 Å². The van der Waals surface area contributed by atoms with Gasteiger partial charge in [0.15, 0.2) is 0 Å². The molecule has 2 aromatic carbocycles. The summed E-state index contributed by atoms with van der Waals surface area (Å²) in [4.78, 5) is 14.9. The molecule has 0 bridgehead atoms. The zero-order chi connectivity index (χ0) is 29.1. The van der Waals surface area contributed by atoms with Crippen LogP contribution in [-0.2, 0) is 26.0 Å². The molecule has 4 N–H and O–H groups in total. The monoisotopic (exact) mass is 568 g/mol. The SMILES string of the molecule is COCCCC[C@](O)(c1cccc(F)c1-c1cccc(C(F)(F)F)c1)[C@H]1CN(C(=O)[C@H]2C[C@@H](N)[C@@H](O)C2)CCO1. The highest BCUT2D eigenvalue weighted by atomic mass is 19.4. The van der Waals surface area contributed by atoms with Crippen LogP contribution in [0.4, 0.5) is 17.6 Å². The molecule has 1 saturated carbocycles. The third-order valence-electron chi connectivity index (χ3n) is 7.95. The Balaban J connectivity index is 1.72. The molecule has 2 aliphatic rings. The van der Waals surface area contributed by atoms with E-state index in [1.165, 1.54) is 24.3 Å². The van der Waals surface area contributed by atoms with Gasteiger partial charge >= 0.3 is 6.18 Å². The highest BCUT2D eigenvalue weighted by Crippen LogP contribution is 2.42. The first-order valence-corrected chi connectivity index (χ1v) is 13.5. The van der Waals surface area contributed by atoms with Crippen molar-refractivity contribution in [3.63, 3.8) is 0 Å². The van der Waals surface area contributed by atoms with Crippen LogP contribution in [0.5, 0.6) is 0 Å². The second-order valence-electron chi connectivity index (χ2n) is 10.7. The number of alkyl halides is 3. The summed E-state index contributed by atoms with van der Waals surface area (Å²) in [7, 11) is 1.55. The van der Waals surface area contributed by atoms with Crippen LogP contribution < -0.4 is 5.73 Å². The number of carbonyl (C=O) groups is 1. The first kappa shape index (κ1) is 30.4. The zero-order valence-electron chi connectivity index (χ0n) is 22.4. The largest absolute Gasteiger partial charge is 0.416 e. The smallest absolute Gasteiger partial charge is 0.391 e. The predicted molar refractivity (Wildman–Crippen MR) is 139 cm³/mol. The van der Waals surface area contributed by atoms with Gasteiger partial charge in [-0.25, -0.2) is 4.39 Å². The summed E-state index contributed by atoms with van der Waals surface area (Å²) in [5.41, 5.74) is 3.03. The van der Waals surface area contributed by atoms with Crippen LogP contribution in [0.1, 0.15) is 43.2 Å². The van der Waals surface area contributed by atoms with Crippen molar-refractivity contribution in [3.8, 4) is 11.1 Å². The van der Waals surface area contributed by atoms with Crippen LogP contribution in [0.15, 0.2) is 42.5 Å². The fourth-order valence-corrected chi connectivity index (χ4v) is 5.79. The van der Waals surface area contributed by atoms with E-state index in [0.29, 0.717) is 25.9 Å². The minimum absolute atomic E-state index is 0.0139. The van der Waals surface area contributed by atoms with E-state index in [4.69, 9.17) is 15.2 Å². The third kappa shape index (κ3) is 6.49. The lowest BCUT2D eigenvalue weighted by Crippen LogP contribution is -2.55. The highest BCUT2D eigenvalue weighted by Gasteiger charge is 2.46. The van der Waals surface area contributed by atoms with Crippen LogP contribution in [0.3, 0.4) is 0 Å². The van der Waals surface area contributed by atoms with Gasteiger partial charge in [0.1, 0.15) is 17.5 Å². The molecule has 2 aromatic rings. The van der Waals surface area contributed by atoms with Gasteiger partial charge in [-0.3, -0.25) is 4.79 Å². The third-order valence-corrected chi connectivity index (χ3v) is 7.95. The van der Waals surface area contributed by atoms with Crippen molar-refractivity contribution in [2.24, 2.45) is 11.7 Å². The van der Waals surface area contributed by atoms with Crippen molar-refractivity contribution in [2.45, 2.75) is 62.1 Å². The topological polar surface area (TPSA) is 105 Å². The van der Waals surface area contributed by atoms with Gasteiger partial charge in [0.2, 0.25) is 5.91 Å². The van der Waals surface area contributed by atoms with Crippen LogP contribution in [-0.4, -0.2) is 72.7 Å². The van der Waals surface area contributed by atoms with Gasteiger partial charge in [-0.15, -0.1) is 0 Å². The Morgan fingerprint density at radius 1 is 1.18 bits per heavy atom. The molecule has 0 spiro atoms. The Kier molecular flexibility index (Phi) is 9.51. The number of amides is 1. The number of nitrogens with zero attached hydrogens (tertiary/aromatic N) is 1. The van der Waals surface area contributed by atoms with Gasteiger partial charge in [0, 0.05) is 37.8 Å². The molecular formula is C29H36F4N2O5. The number of hydrogen-bond donors (Lipinski definition) is 3. The molecule has 11 heteroatoms. The first-order chi connectivity index (χ1) is 19.0. The Morgan fingerprint density at radius 2 is 1.93 bits per heavy atom. The molecule has 1 heterocycles. The Bertz CT molecular complexity index is 1170. The van der Waals surface area contributed by atoms with E-state index in [0.717, 1.165) is 18.2 Å². The van der Waals surface area contributed by atoms with Crippen LogP contribution in [0.2, 0.25) is 0 Å². The second kappa shape index (κ2) is 12.5. The van der Waals surface area contributed by atoms with Gasteiger partial charge in [-0.05, 0) is 61.4 Å². The molecule has 1 aliphatic heterocycles. The van der Waals surface area contributed by atoms with Crippen LogP contribution >= 0.6 is 0 Å². The molecule has 0 unspecified atom stereocenters. The molecule has 4 rings (SSSR count). The minimum atomic E-state index is -4.64. The number of aliphatic hydroxyl groups is 2. The van der Waals surface area contributed by atoms with Gasteiger partial charge in [0.05, 0.1) is 24.8 Å². The standard InChI is InChI=1S/C29H36F4N2O5/c1-39-12-3-2-10-28(38,25-17-35(11-13-40-25)27(37)19-15-23(34)24(36)16-19)21-8-5-9-22(30)26(21)18-6-4-7-20(14-18)29(31,32)33/h4-9,14,19,23-25,36,38H,2-3,10-13,15-17,34H2,1H3/t19-,23+,24-,25+,28-/m0/s1. The molecule has 40 heavy (non-hydrogen) atoms. The fraction of sp³-hybridized carbons (Fsp3) is 0.552. The zero-order valence-corrected chi connectivity index (χ0v) is 22.4. The predicted octanol–water partition coefficient (Wildman–Crippen LogP) is 3.84. The summed E-state index contributed by atoms with van der Waals surface area (Å²) in [5.74, 6) is -1.46. The van der Waals surface area contributed by atoms with Crippen LogP contribution in [0.25, 0.3) is 11.1 Å². The summed E-state index contributed by atoms with van der Waals surface area (Å²) in [6, 6.07) is 7.86. The Labute approximate surface area is 230 Å². The number of rotatable bonds is 9. The summed E-state index contributed by atoms with van der Waals surface area (Å²) >= 11 is 0. The number of ether oxygens (including phenoxy) is 2. The number of carbonyl (C=O) groups excluding carboxylic acids is 1. The van der Waals surface area contributed by atoms with Crippen molar-refractivity contribution < 1.29 is 42.0 Å². The van der Waals surface area contributed by atoms with E-state index in [9.17, 15) is 28.2 Å². The van der Waals surface area contributed by atoms with Crippen molar-refractivity contribution in [1.29, 1.82) is 0 Å². The maximum Gasteiger partial charge on any atom is 0.416 e. The molecule has 0 radical (unpaired) electrons. The molecule has 220 valence electrons. The molecule has 1 aliphatic carbocycles. The average Bonchev–Trinajstić information content (AvgIpc) is 3.27. The van der Waals surface area contributed by atoms with Crippen molar-refractivity contribution in [3.05, 3.63) is 59.4 Å². The number of hydrogen-bond acceptors (Lipinski definition) is 6. The normalized spacial score (nSPS) is 25.1. The quantitative estimate of drug-likeness (QED) is 0.314. The lowest BCUT2D eigenvalue weighted by Gasteiger charge is -2.43. The van der Waals surface area contributed by atoms with Crippen molar-refractivity contribution in [2.75, 3.05) is 33.4 Å². The van der Waals surface area contributed by atoms with E-state index in [-0.39, 0.29) is 55.1 Å². The molecule has 2 fully saturated rings.